The molecule has 0 aliphatic heterocycles. The van der Waals surface area contributed by atoms with Gasteiger partial charge < -0.3 is 9.80 Å². The highest BCUT2D eigenvalue weighted by Gasteiger charge is 2.27. The Morgan fingerprint density at radius 1 is 0.353 bits per heavy atom. The summed E-state index contributed by atoms with van der Waals surface area (Å²) in [5.41, 5.74) is 15.5. The van der Waals surface area contributed by atoms with Gasteiger partial charge in [0.05, 0.1) is 27.5 Å². The first-order valence-corrected chi connectivity index (χ1v) is 31.3. The maximum atomic E-state index is 2.53. The Balaban J connectivity index is 1.28. The summed E-state index contributed by atoms with van der Waals surface area (Å²) in [5, 5.41) is 10.5. The minimum Gasteiger partial charge on any atom is -0.310 e. The van der Waals surface area contributed by atoms with Crippen molar-refractivity contribution in [3.63, 3.8) is 0 Å². The minimum atomic E-state index is -1.46. The van der Waals surface area contributed by atoms with Crippen LogP contribution in [0.4, 0.5) is 34.1 Å². The van der Waals surface area contributed by atoms with Crippen molar-refractivity contribution in [2.45, 2.75) is 79.3 Å². The molecular formula is C64H64N2Si2. The molecule has 338 valence electrons. The zero-order valence-corrected chi connectivity index (χ0v) is 43.8. The summed E-state index contributed by atoms with van der Waals surface area (Å²) in [6, 6.07) is 71.5. The van der Waals surface area contributed by atoms with Gasteiger partial charge in [-0.1, -0.05) is 216 Å². The highest BCUT2D eigenvalue weighted by molar-refractivity contribution is 6.89. The van der Waals surface area contributed by atoms with E-state index in [2.05, 4.69) is 272 Å². The van der Waals surface area contributed by atoms with Crippen LogP contribution in [0.25, 0.3) is 54.6 Å². The number of para-hydroxylation sites is 2. The van der Waals surface area contributed by atoms with Crippen LogP contribution < -0.4 is 20.2 Å². The molecule has 0 saturated carbocycles. The van der Waals surface area contributed by atoms with Crippen LogP contribution in [0.15, 0.2) is 188 Å². The van der Waals surface area contributed by atoms with Gasteiger partial charge in [-0.05, 0) is 117 Å². The fourth-order valence-electron chi connectivity index (χ4n) is 10.0. The molecule has 0 amide bonds. The SMILES string of the molecule is Cc1ccc(-c2ccc([Si](C)(C)C)cc2)cc1N(c1ccccc1)c1cc(N(c2ccccc2)c2cc(-c3ccc([Si](C)(C)C)cc3)ccc2C)c2ccc3cc(C(C)(C)C)cc4ccc1c2c43. The zero-order chi connectivity index (χ0) is 47.7. The van der Waals surface area contributed by atoms with E-state index in [0.29, 0.717) is 0 Å². The van der Waals surface area contributed by atoms with Crippen LogP contribution in [-0.2, 0) is 5.41 Å². The highest BCUT2D eigenvalue weighted by atomic mass is 28.3. The van der Waals surface area contributed by atoms with E-state index in [4.69, 9.17) is 0 Å². The lowest BCUT2D eigenvalue weighted by molar-refractivity contribution is 0.591. The third-order valence-electron chi connectivity index (χ3n) is 14.1. The van der Waals surface area contributed by atoms with Crippen LogP contribution in [0.2, 0.25) is 39.3 Å². The summed E-state index contributed by atoms with van der Waals surface area (Å²) in [4.78, 5) is 5.05. The summed E-state index contributed by atoms with van der Waals surface area (Å²) in [6.07, 6.45) is 0. The quantitative estimate of drug-likeness (QED) is 0.0996. The molecule has 10 rings (SSSR count). The van der Waals surface area contributed by atoms with E-state index in [0.717, 1.165) is 34.1 Å². The lowest BCUT2D eigenvalue weighted by Crippen LogP contribution is -2.37. The van der Waals surface area contributed by atoms with Gasteiger partial charge in [-0.15, -0.1) is 0 Å². The number of hydrogen-bond acceptors (Lipinski definition) is 2. The topological polar surface area (TPSA) is 6.48 Å². The van der Waals surface area contributed by atoms with Crippen LogP contribution >= 0.6 is 0 Å². The smallest absolute Gasteiger partial charge is 0.0775 e. The Labute approximate surface area is 406 Å². The largest absolute Gasteiger partial charge is 0.310 e. The number of anilines is 6. The number of benzene rings is 10. The molecule has 0 unspecified atom stereocenters. The molecule has 0 atom stereocenters. The summed E-state index contributed by atoms with van der Waals surface area (Å²) in [6.45, 7) is 26.0. The van der Waals surface area contributed by atoms with Crippen LogP contribution in [0, 0.1) is 13.8 Å². The van der Waals surface area contributed by atoms with Crippen LogP contribution in [-0.4, -0.2) is 16.1 Å². The van der Waals surface area contributed by atoms with E-state index in [1.54, 1.807) is 0 Å². The van der Waals surface area contributed by atoms with Crippen molar-refractivity contribution in [3.05, 3.63) is 205 Å². The molecule has 0 saturated heterocycles. The van der Waals surface area contributed by atoms with Crippen molar-refractivity contribution in [3.8, 4) is 22.3 Å². The number of rotatable bonds is 10. The summed E-state index contributed by atoms with van der Waals surface area (Å²) >= 11 is 0. The molecule has 0 fully saturated rings. The molecule has 10 aromatic carbocycles. The van der Waals surface area contributed by atoms with Gasteiger partial charge in [0.1, 0.15) is 0 Å². The molecule has 0 aromatic heterocycles. The van der Waals surface area contributed by atoms with E-state index < -0.39 is 16.1 Å². The molecule has 0 aliphatic carbocycles. The van der Waals surface area contributed by atoms with Crippen LogP contribution in [0.1, 0.15) is 37.5 Å². The first kappa shape index (κ1) is 45.1. The van der Waals surface area contributed by atoms with E-state index in [9.17, 15) is 0 Å². The fraction of sp³-hybridized carbons (Fsp3) is 0.188. The standard InChI is InChI=1S/C64H64N2Si2/c1-43-22-24-47(45-26-32-54(33-27-45)67(6,7)8)40-58(43)65(52-18-14-12-15-19-52)60-42-61(57-37-31-50-39-51(64(3,4)5)38-49-30-36-56(60)63(57)62(49)50)66(53-20-16-13-17-21-53)59-41-48(25-23-44(59)2)46-28-34-55(35-29-46)68(9,10)11/h12-42H,1-11H3. The van der Waals surface area contributed by atoms with Gasteiger partial charge in [-0.3, -0.25) is 0 Å². The fourth-order valence-corrected chi connectivity index (χ4v) is 12.4. The lowest BCUT2D eigenvalue weighted by atomic mass is 9.83. The second kappa shape index (κ2) is 17.1. The normalized spacial score (nSPS) is 12.3. The molecule has 4 heteroatoms. The molecule has 0 N–H and O–H groups in total. The highest BCUT2D eigenvalue weighted by Crippen LogP contribution is 2.52. The average molecular weight is 917 g/mol. The molecule has 10 aromatic rings. The molecule has 0 radical (unpaired) electrons. The van der Waals surface area contributed by atoms with Crippen LogP contribution in [0.3, 0.4) is 0 Å². The first-order chi connectivity index (χ1) is 32.4. The molecule has 0 aliphatic rings. The van der Waals surface area contributed by atoms with E-state index in [-0.39, 0.29) is 5.41 Å². The Hall–Kier alpha value is -6.73. The Morgan fingerprint density at radius 2 is 0.735 bits per heavy atom. The van der Waals surface area contributed by atoms with E-state index >= 15 is 0 Å². The van der Waals surface area contributed by atoms with Crippen molar-refractivity contribution in [2.75, 3.05) is 9.80 Å². The maximum absolute atomic E-state index is 2.53. The molecule has 0 heterocycles. The number of nitrogens with zero attached hydrogens (tertiary/aromatic N) is 2. The molecular weight excluding hydrogens is 853 g/mol. The van der Waals surface area contributed by atoms with Crippen molar-refractivity contribution in [1.82, 2.24) is 0 Å². The van der Waals surface area contributed by atoms with E-state index in [1.807, 2.05) is 0 Å². The third kappa shape index (κ3) is 8.35. The first-order valence-electron chi connectivity index (χ1n) is 24.3. The van der Waals surface area contributed by atoms with Gasteiger partial charge in [0.2, 0.25) is 0 Å². The number of hydrogen-bond donors (Lipinski definition) is 0. The monoisotopic (exact) mass is 916 g/mol. The van der Waals surface area contributed by atoms with Gasteiger partial charge in [-0.25, -0.2) is 0 Å². The second-order valence-electron chi connectivity index (χ2n) is 22.1. The second-order valence-corrected chi connectivity index (χ2v) is 32.2. The summed E-state index contributed by atoms with van der Waals surface area (Å²) in [7, 11) is -2.92. The van der Waals surface area contributed by atoms with Crippen molar-refractivity contribution >= 4 is 93.0 Å². The number of aryl methyl sites for hydroxylation is 2. The molecule has 0 spiro atoms. The van der Waals surface area contributed by atoms with Crippen molar-refractivity contribution in [2.24, 2.45) is 0 Å². The van der Waals surface area contributed by atoms with Crippen molar-refractivity contribution < 1.29 is 0 Å². The van der Waals surface area contributed by atoms with Gasteiger partial charge in [0, 0.05) is 38.9 Å². The van der Waals surface area contributed by atoms with Gasteiger partial charge in [0.25, 0.3) is 0 Å². The zero-order valence-electron chi connectivity index (χ0n) is 41.8. The predicted octanol–water partition coefficient (Wildman–Crippen LogP) is 17.9. The molecule has 0 bridgehead atoms. The van der Waals surface area contributed by atoms with Crippen molar-refractivity contribution in [1.29, 1.82) is 0 Å². The van der Waals surface area contributed by atoms with Gasteiger partial charge in [-0.2, -0.15) is 0 Å². The minimum absolute atomic E-state index is 0.00405. The Morgan fingerprint density at radius 3 is 1.10 bits per heavy atom. The maximum Gasteiger partial charge on any atom is 0.0775 e. The average Bonchev–Trinajstić information content (AvgIpc) is 3.32. The van der Waals surface area contributed by atoms with Crippen LogP contribution in [0.5, 0.6) is 0 Å². The molecule has 68 heavy (non-hydrogen) atoms. The summed E-state index contributed by atoms with van der Waals surface area (Å²) < 4.78 is 0. The van der Waals surface area contributed by atoms with Gasteiger partial charge in [0.15, 0.2) is 0 Å². The molecule has 2 nitrogen and oxygen atoms in total. The van der Waals surface area contributed by atoms with Gasteiger partial charge >= 0.3 is 0 Å². The summed E-state index contributed by atoms with van der Waals surface area (Å²) in [5.74, 6) is 0. The Kier molecular flexibility index (Phi) is 11.3. The van der Waals surface area contributed by atoms with E-state index in [1.165, 1.54) is 81.6 Å². The lowest BCUT2D eigenvalue weighted by Gasteiger charge is -2.34. The Bertz CT molecular complexity index is 3230. The third-order valence-corrected chi connectivity index (χ3v) is 18.2. The predicted molar refractivity (Wildman–Crippen MR) is 305 cm³/mol.